The van der Waals surface area contributed by atoms with Gasteiger partial charge in [-0.3, -0.25) is 9.52 Å². The van der Waals surface area contributed by atoms with Crippen LogP contribution in [0.15, 0.2) is 76.1 Å². The van der Waals surface area contributed by atoms with Gasteiger partial charge in [0, 0.05) is 19.3 Å². The number of hydrogen-bond donors (Lipinski definition) is 3. The van der Waals surface area contributed by atoms with E-state index < -0.39 is 21.9 Å². The van der Waals surface area contributed by atoms with Crippen molar-refractivity contribution in [1.82, 2.24) is 0 Å². The Hall–Kier alpha value is -2.44. The van der Waals surface area contributed by atoms with Crippen molar-refractivity contribution < 1.29 is 23.1 Å². The average Bonchev–Trinajstić information content (AvgIpc) is 2.69. The molecule has 0 aromatic heterocycles. The SMILES string of the molecule is O=C(Nc1ccc(I)cc1C(=O)O)c1ccc(S(=O)(=O)Nc2cccc(Br)c2)cc1. The van der Waals surface area contributed by atoms with Gasteiger partial charge in [-0.15, -0.1) is 0 Å². The van der Waals surface area contributed by atoms with Crippen LogP contribution in [0.1, 0.15) is 20.7 Å². The van der Waals surface area contributed by atoms with E-state index >= 15 is 0 Å². The third-order valence-corrected chi connectivity index (χ3v) is 6.53. The summed E-state index contributed by atoms with van der Waals surface area (Å²) >= 11 is 5.26. The Morgan fingerprint density at radius 2 is 1.67 bits per heavy atom. The highest BCUT2D eigenvalue weighted by Gasteiger charge is 2.17. The third kappa shape index (κ3) is 5.37. The highest BCUT2D eigenvalue weighted by molar-refractivity contribution is 14.1. The van der Waals surface area contributed by atoms with E-state index in [9.17, 15) is 23.1 Å². The van der Waals surface area contributed by atoms with Crippen LogP contribution in [0, 0.1) is 3.57 Å². The van der Waals surface area contributed by atoms with Gasteiger partial charge in [0.15, 0.2) is 0 Å². The fraction of sp³-hybridized carbons (Fsp3) is 0. The summed E-state index contributed by atoms with van der Waals surface area (Å²) in [5.74, 6) is -1.72. The Labute approximate surface area is 194 Å². The number of amides is 1. The Balaban J connectivity index is 1.78. The number of rotatable bonds is 6. The number of carboxylic acid groups (broad SMARTS) is 1. The van der Waals surface area contributed by atoms with Crippen molar-refractivity contribution in [3.8, 4) is 0 Å². The minimum absolute atomic E-state index is 0.0143. The van der Waals surface area contributed by atoms with E-state index in [1.165, 1.54) is 36.4 Å². The van der Waals surface area contributed by atoms with Crippen molar-refractivity contribution in [2.45, 2.75) is 4.90 Å². The van der Waals surface area contributed by atoms with Gasteiger partial charge in [0.25, 0.3) is 15.9 Å². The number of hydrogen-bond acceptors (Lipinski definition) is 4. The van der Waals surface area contributed by atoms with Crippen molar-refractivity contribution in [2.24, 2.45) is 0 Å². The molecule has 3 aromatic carbocycles. The molecule has 30 heavy (non-hydrogen) atoms. The molecule has 0 atom stereocenters. The van der Waals surface area contributed by atoms with Gasteiger partial charge in [0.2, 0.25) is 0 Å². The molecular weight excluding hydrogens is 587 g/mol. The molecular formula is C20H14BrIN2O5S. The summed E-state index contributed by atoms with van der Waals surface area (Å²) in [5, 5.41) is 11.9. The first-order chi connectivity index (χ1) is 14.2. The summed E-state index contributed by atoms with van der Waals surface area (Å²) in [6.07, 6.45) is 0. The Kier molecular flexibility index (Phi) is 6.78. The minimum Gasteiger partial charge on any atom is -0.478 e. The van der Waals surface area contributed by atoms with Crippen molar-refractivity contribution in [1.29, 1.82) is 0 Å². The van der Waals surface area contributed by atoms with E-state index in [1.807, 2.05) is 22.6 Å². The molecule has 0 spiro atoms. The van der Waals surface area contributed by atoms with Crippen LogP contribution in [0.5, 0.6) is 0 Å². The van der Waals surface area contributed by atoms with Gasteiger partial charge < -0.3 is 10.4 Å². The number of carbonyl (C=O) groups excluding carboxylic acids is 1. The second kappa shape index (κ2) is 9.14. The number of halogens is 2. The van der Waals surface area contributed by atoms with Crippen LogP contribution in [0.4, 0.5) is 11.4 Å². The number of sulfonamides is 1. The molecule has 0 aliphatic carbocycles. The quantitative estimate of drug-likeness (QED) is 0.352. The highest BCUT2D eigenvalue weighted by atomic mass is 127. The fourth-order valence-electron chi connectivity index (χ4n) is 2.55. The van der Waals surface area contributed by atoms with E-state index in [0.717, 1.165) is 8.04 Å². The number of aromatic carboxylic acids is 1. The molecule has 3 N–H and O–H groups in total. The molecule has 10 heteroatoms. The molecule has 0 radical (unpaired) electrons. The van der Waals surface area contributed by atoms with E-state index in [4.69, 9.17) is 0 Å². The minimum atomic E-state index is -3.84. The normalized spacial score (nSPS) is 11.0. The standard InChI is InChI=1S/C20H14BrIN2O5S/c21-13-2-1-3-15(10-13)24-30(28,29)16-7-4-12(5-8-16)19(25)23-18-9-6-14(22)11-17(18)20(26)27/h1-11,24H,(H,23,25)(H,26,27). The van der Waals surface area contributed by atoms with Crippen molar-refractivity contribution in [3.05, 3.63) is 85.9 Å². The Bertz CT molecular complexity index is 1230. The molecule has 0 bridgehead atoms. The first-order valence-corrected chi connectivity index (χ1v) is 11.7. The maximum atomic E-state index is 12.5. The molecule has 0 aliphatic rings. The molecule has 3 rings (SSSR count). The lowest BCUT2D eigenvalue weighted by Gasteiger charge is -2.11. The van der Waals surface area contributed by atoms with Gasteiger partial charge in [-0.05, 0) is 83.3 Å². The second-order valence-corrected chi connectivity index (χ2v) is 9.93. The largest absolute Gasteiger partial charge is 0.478 e. The Morgan fingerprint density at radius 1 is 0.967 bits per heavy atom. The van der Waals surface area contributed by atoms with E-state index in [2.05, 4.69) is 26.0 Å². The maximum absolute atomic E-state index is 12.5. The van der Waals surface area contributed by atoms with Crippen molar-refractivity contribution >= 4 is 71.8 Å². The van der Waals surface area contributed by atoms with Gasteiger partial charge in [-0.1, -0.05) is 22.0 Å². The monoisotopic (exact) mass is 600 g/mol. The number of benzene rings is 3. The van der Waals surface area contributed by atoms with Crippen LogP contribution < -0.4 is 10.0 Å². The van der Waals surface area contributed by atoms with Crippen LogP contribution in [0.25, 0.3) is 0 Å². The number of nitrogens with one attached hydrogen (secondary N) is 2. The van der Waals surface area contributed by atoms with E-state index in [1.54, 1.807) is 30.3 Å². The number of carboxylic acids is 1. The van der Waals surface area contributed by atoms with E-state index in [-0.39, 0.29) is 21.7 Å². The van der Waals surface area contributed by atoms with Gasteiger partial charge in [0.1, 0.15) is 0 Å². The second-order valence-electron chi connectivity index (χ2n) is 6.09. The first kappa shape index (κ1) is 22.2. The molecule has 0 unspecified atom stereocenters. The molecule has 0 saturated heterocycles. The lowest BCUT2D eigenvalue weighted by atomic mass is 10.1. The van der Waals surface area contributed by atoms with Crippen LogP contribution in [-0.4, -0.2) is 25.4 Å². The maximum Gasteiger partial charge on any atom is 0.337 e. The third-order valence-electron chi connectivity index (χ3n) is 3.96. The zero-order valence-corrected chi connectivity index (χ0v) is 19.7. The Morgan fingerprint density at radius 3 is 2.30 bits per heavy atom. The lowest BCUT2D eigenvalue weighted by Crippen LogP contribution is -2.16. The van der Waals surface area contributed by atoms with E-state index in [0.29, 0.717) is 5.69 Å². The summed E-state index contributed by atoms with van der Waals surface area (Å²) in [4.78, 5) is 23.9. The highest BCUT2D eigenvalue weighted by Crippen LogP contribution is 2.22. The first-order valence-electron chi connectivity index (χ1n) is 8.38. The van der Waals surface area contributed by atoms with Crippen molar-refractivity contribution in [2.75, 3.05) is 10.0 Å². The molecule has 0 fully saturated rings. The molecule has 7 nitrogen and oxygen atoms in total. The van der Waals surface area contributed by atoms with Gasteiger partial charge in [-0.25, -0.2) is 13.2 Å². The summed E-state index contributed by atoms with van der Waals surface area (Å²) in [5.41, 5.74) is 0.700. The summed E-state index contributed by atoms with van der Waals surface area (Å²) in [6, 6.07) is 16.7. The van der Waals surface area contributed by atoms with Crippen LogP contribution in [0.3, 0.4) is 0 Å². The zero-order chi connectivity index (χ0) is 21.9. The molecule has 154 valence electrons. The summed E-state index contributed by atoms with van der Waals surface area (Å²) < 4.78 is 29.0. The molecule has 1 amide bonds. The molecule has 0 heterocycles. The lowest BCUT2D eigenvalue weighted by molar-refractivity contribution is 0.0698. The topological polar surface area (TPSA) is 113 Å². The van der Waals surface area contributed by atoms with Gasteiger partial charge in [-0.2, -0.15) is 0 Å². The zero-order valence-electron chi connectivity index (χ0n) is 15.1. The molecule has 3 aromatic rings. The fourth-order valence-corrected chi connectivity index (χ4v) is 4.49. The average molecular weight is 601 g/mol. The van der Waals surface area contributed by atoms with Crippen molar-refractivity contribution in [3.63, 3.8) is 0 Å². The van der Waals surface area contributed by atoms with Gasteiger partial charge >= 0.3 is 5.97 Å². The molecule has 0 aliphatic heterocycles. The molecule has 0 saturated carbocycles. The summed E-state index contributed by atoms with van der Waals surface area (Å²) in [6.45, 7) is 0. The van der Waals surface area contributed by atoms with Crippen LogP contribution in [0.2, 0.25) is 0 Å². The predicted octanol–water partition coefficient (Wildman–Crippen LogP) is 4.81. The van der Waals surface area contributed by atoms with Gasteiger partial charge in [0.05, 0.1) is 16.1 Å². The van der Waals surface area contributed by atoms with Crippen LogP contribution >= 0.6 is 38.5 Å². The smallest absolute Gasteiger partial charge is 0.337 e. The number of carbonyl (C=O) groups is 2. The predicted molar refractivity (Wildman–Crippen MR) is 125 cm³/mol. The number of anilines is 2. The van der Waals surface area contributed by atoms with Crippen LogP contribution in [-0.2, 0) is 10.0 Å². The summed E-state index contributed by atoms with van der Waals surface area (Å²) in [7, 11) is -3.84.